The van der Waals surface area contributed by atoms with Gasteiger partial charge in [-0.05, 0) is 49.2 Å². The third-order valence-electron chi connectivity index (χ3n) is 4.36. The van der Waals surface area contributed by atoms with Gasteiger partial charge in [0.1, 0.15) is 9.86 Å². The van der Waals surface area contributed by atoms with Crippen molar-refractivity contribution < 1.29 is 8.42 Å². The zero-order chi connectivity index (χ0) is 19.0. The minimum absolute atomic E-state index is 0.333. The number of benzene rings is 1. The average molecular weight is 398 g/mol. The fourth-order valence-corrected chi connectivity index (χ4v) is 5.25. The minimum Gasteiger partial charge on any atom is -0.306 e. The molecule has 0 amide bonds. The molecule has 0 spiro atoms. The van der Waals surface area contributed by atoms with Crippen LogP contribution in [0.5, 0.6) is 0 Å². The highest BCUT2D eigenvalue weighted by atomic mass is 32.2. The van der Waals surface area contributed by atoms with Crippen molar-refractivity contribution >= 4 is 32.7 Å². The summed E-state index contributed by atoms with van der Waals surface area (Å²) in [4.78, 5) is 5.72. The maximum atomic E-state index is 12.5. The van der Waals surface area contributed by atoms with Crippen LogP contribution in [-0.2, 0) is 16.4 Å². The number of nitrogens with one attached hydrogen (secondary N) is 1. The maximum Gasteiger partial charge on any atom is 0.271 e. The maximum absolute atomic E-state index is 12.5. The molecule has 7 heteroatoms. The van der Waals surface area contributed by atoms with Crippen molar-refractivity contribution in [2.24, 2.45) is 0 Å². The van der Waals surface area contributed by atoms with E-state index in [1.165, 1.54) is 11.3 Å². The van der Waals surface area contributed by atoms with Crippen LogP contribution >= 0.6 is 11.3 Å². The summed E-state index contributed by atoms with van der Waals surface area (Å²) in [6, 6.07) is 14.8. The summed E-state index contributed by atoms with van der Waals surface area (Å²) in [6.45, 7) is 4.04. The standard InChI is InChI=1S/C20H19N3O2S2/c1-3-17-10-11-19(26-17)27(24,25)22-16-8-6-15(7-9-16)18-13-23-12-4-5-14(2)20(23)21-18/h4-13,22H,3H2,1-2H3. The normalized spacial score (nSPS) is 11.8. The lowest BCUT2D eigenvalue weighted by Crippen LogP contribution is -2.11. The van der Waals surface area contributed by atoms with E-state index in [4.69, 9.17) is 0 Å². The van der Waals surface area contributed by atoms with Gasteiger partial charge in [0.15, 0.2) is 0 Å². The number of nitrogens with zero attached hydrogens (tertiary/aromatic N) is 2. The molecule has 0 saturated heterocycles. The van der Waals surface area contributed by atoms with Crippen LogP contribution < -0.4 is 4.72 Å². The molecule has 0 atom stereocenters. The van der Waals surface area contributed by atoms with E-state index in [9.17, 15) is 8.42 Å². The van der Waals surface area contributed by atoms with Gasteiger partial charge in [-0.1, -0.05) is 25.1 Å². The van der Waals surface area contributed by atoms with Crippen molar-refractivity contribution in [3.63, 3.8) is 0 Å². The number of fused-ring (bicyclic) bond motifs is 1. The summed E-state index contributed by atoms with van der Waals surface area (Å²) >= 11 is 1.30. The molecule has 0 unspecified atom stereocenters. The molecule has 0 fully saturated rings. The number of hydrogen-bond acceptors (Lipinski definition) is 4. The van der Waals surface area contributed by atoms with Crippen LogP contribution in [0.1, 0.15) is 17.4 Å². The molecule has 0 saturated carbocycles. The Kier molecular flexibility index (Phi) is 4.49. The third-order valence-corrected chi connectivity index (χ3v) is 7.46. The lowest BCUT2D eigenvalue weighted by Gasteiger charge is -2.06. The van der Waals surface area contributed by atoms with E-state index in [1.807, 2.05) is 61.0 Å². The van der Waals surface area contributed by atoms with Crippen molar-refractivity contribution in [1.29, 1.82) is 0 Å². The van der Waals surface area contributed by atoms with Crippen molar-refractivity contribution in [2.75, 3.05) is 4.72 Å². The van der Waals surface area contributed by atoms with E-state index in [0.717, 1.165) is 33.8 Å². The van der Waals surface area contributed by atoms with Gasteiger partial charge in [-0.3, -0.25) is 4.72 Å². The molecule has 1 N–H and O–H groups in total. The quantitative estimate of drug-likeness (QED) is 0.529. The van der Waals surface area contributed by atoms with E-state index < -0.39 is 10.0 Å². The number of thiophene rings is 1. The predicted octanol–water partition coefficient (Wildman–Crippen LogP) is 4.73. The topological polar surface area (TPSA) is 63.5 Å². The van der Waals surface area contributed by atoms with Crippen molar-refractivity contribution in [3.05, 3.63) is 71.4 Å². The van der Waals surface area contributed by atoms with Gasteiger partial charge in [0, 0.05) is 28.5 Å². The van der Waals surface area contributed by atoms with Crippen LogP contribution in [0.15, 0.2) is 65.1 Å². The Balaban J connectivity index is 1.59. The van der Waals surface area contributed by atoms with Gasteiger partial charge in [0.05, 0.1) is 5.69 Å². The zero-order valence-corrected chi connectivity index (χ0v) is 16.6. The van der Waals surface area contributed by atoms with E-state index in [-0.39, 0.29) is 0 Å². The fourth-order valence-electron chi connectivity index (χ4n) is 2.90. The van der Waals surface area contributed by atoms with Gasteiger partial charge in [0.25, 0.3) is 10.0 Å². The van der Waals surface area contributed by atoms with Crippen LogP contribution in [-0.4, -0.2) is 17.8 Å². The number of rotatable bonds is 5. The summed E-state index contributed by atoms with van der Waals surface area (Å²) in [5.41, 5.74) is 4.34. The Morgan fingerprint density at radius 2 is 1.89 bits per heavy atom. The second-order valence-corrected chi connectivity index (χ2v) is 9.38. The Bertz CT molecular complexity index is 1210. The third kappa shape index (κ3) is 3.48. The number of aryl methyl sites for hydroxylation is 2. The first-order valence-corrected chi connectivity index (χ1v) is 10.9. The molecule has 27 heavy (non-hydrogen) atoms. The van der Waals surface area contributed by atoms with Crippen molar-refractivity contribution in [3.8, 4) is 11.3 Å². The Labute approximate surface area is 162 Å². The molecular weight excluding hydrogens is 378 g/mol. The molecule has 0 aliphatic carbocycles. The number of pyridine rings is 1. The van der Waals surface area contributed by atoms with E-state index >= 15 is 0 Å². The molecule has 0 bridgehead atoms. The Morgan fingerprint density at radius 3 is 2.56 bits per heavy atom. The molecule has 3 aromatic heterocycles. The molecule has 3 heterocycles. The number of anilines is 1. The summed E-state index contributed by atoms with van der Waals surface area (Å²) in [5.74, 6) is 0. The average Bonchev–Trinajstić information content (AvgIpc) is 3.30. The number of aromatic nitrogens is 2. The summed E-state index contributed by atoms with van der Waals surface area (Å²) in [7, 11) is -3.56. The smallest absolute Gasteiger partial charge is 0.271 e. The molecule has 0 aliphatic rings. The van der Waals surface area contributed by atoms with Crippen LogP contribution in [0.25, 0.3) is 16.9 Å². The van der Waals surface area contributed by atoms with E-state index in [0.29, 0.717) is 9.90 Å². The van der Waals surface area contributed by atoms with Gasteiger partial charge in [0.2, 0.25) is 0 Å². The summed E-state index contributed by atoms with van der Waals surface area (Å²) in [6.07, 6.45) is 4.76. The molecule has 0 aliphatic heterocycles. The number of sulfonamides is 1. The van der Waals surface area contributed by atoms with E-state index in [1.54, 1.807) is 18.2 Å². The van der Waals surface area contributed by atoms with Gasteiger partial charge >= 0.3 is 0 Å². The highest BCUT2D eigenvalue weighted by Crippen LogP contribution is 2.26. The first kappa shape index (κ1) is 17.8. The second-order valence-electron chi connectivity index (χ2n) is 6.31. The highest BCUT2D eigenvalue weighted by Gasteiger charge is 2.17. The first-order chi connectivity index (χ1) is 13.0. The molecular formula is C20H19N3O2S2. The molecule has 4 aromatic rings. The Hall–Kier alpha value is -2.64. The number of imidazole rings is 1. The lowest BCUT2D eigenvalue weighted by molar-refractivity contribution is 0.603. The first-order valence-electron chi connectivity index (χ1n) is 8.62. The predicted molar refractivity (Wildman–Crippen MR) is 110 cm³/mol. The second kappa shape index (κ2) is 6.83. The van der Waals surface area contributed by atoms with Crippen LogP contribution in [0.3, 0.4) is 0 Å². The molecule has 138 valence electrons. The molecule has 0 radical (unpaired) electrons. The molecule has 4 rings (SSSR count). The largest absolute Gasteiger partial charge is 0.306 e. The van der Waals surface area contributed by atoms with Crippen LogP contribution in [0.4, 0.5) is 5.69 Å². The fraction of sp³-hybridized carbons (Fsp3) is 0.150. The lowest BCUT2D eigenvalue weighted by atomic mass is 10.1. The van der Waals surface area contributed by atoms with E-state index in [2.05, 4.69) is 9.71 Å². The van der Waals surface area contributed by atoms with Gasteiger partial charge in [-0.25, -0.2) is 13.4 Å². The van der Waals surface area contributed by atoms with Crippen molar-refractivity contribution in [2.45, 2.75) is 24.5 Å². The zero-order valence-electron chi connectivity index (χ0n) is 15.0. The molecule has 1 aromatic carbocycles. The van der Waals surface area contributed by atoms with Gasteiger partial charge < -0.3 is 4.40 Å². The number of hydrogen-bond donors (Lipinski definition) is 1. The van der Waals surface area contributed by atoms with Gasteiger partial charge in [-0.2, -0.15) is 0 Å². The van der Waals surface area contributed by atoms with Crippen molar-refractivity contribution in [1.82, 2.24) is 9.38 Å². The molecule has 5 nitrogen and oxygen atoms in total. The SMILES string of the molecule is CCc1ccc(S(=O)(=O)Nc2ccc(-c3cn4cccc(C)c4n3)cc2)s1. The Morgan fingerprint density at radius 1 is 1.11 bits per heavy atom. The van der Waals surface area contributed by atoms with Crippen LogP contribution in [0.2, 0.25) is 0 Å². The van der Waals surface area contributed by atoms with Gasteiger partial charge in [-0.15, -0.1) is 11.3 Å². The van der Waals surface area contributed by atoms with Crippen LogP contribution in [0, 0.1) is 6.92 Å². The monoisotopic (exact) mass is 397 g/mol. The highest BCUT2D eigenvalue weighted by molar-refractivity contribution is 7.94. The summed E-state index contributed by atoms with van der Waals surface area (Å²) < 4.78 is 30.0. The summed E-state index contributed by atoms with van der Waals surface area (Å²) in [5, 5.41) is 0. The minimum atomic E-state index is -3.56.